The molecule has 18 heavy (non-hydrogen) atoms. The predicted molar refractivity (Wildman–Crippen MR) is 82.8 cm³/mol. The van der Waals surface area contributed by atoms with Crippen LogP contribution >= 0.6 is 34.4 Å². The molecule has 0 atom stereocenters. The van der Waals surface area contributed by atoms with Gasteiger partial charge in [0.25, 0.3) is 0 Å². The fraction of sp³-hybridized carbons (Fsp3) is 0.0769. The van der Waals surface area contributed by atoms with Gasteiger partial charge in [0.05, 0.1) is 9.79 Å². The Kier molecular flexibility index (Phi) is 4.34. The average Bonchev–Trinajstić information content (AvgIpc) is 2.39. The summed E-state index contributed by atoms with van der Waals surface area (Å²) >= 11 is 3.74. The van der Waals surface area contributed by atoms with Crippen molar-refractivity contribution in [3.8, 4) is 0 Å². The van der Waals surface area contributed by atoms with Crippen molar-refractivity contribution in [2.75, 3.05) is 6.26 Å². The Morgan fingerprint density at radius 3 is 1.78 bits per heavy atom. The molecule has 2 aromatic rings. The Morgan fingerprint density at radius 2 is 1.33 bits per heavy atom. The van der Waals surface area contributed by atoms with E-state index in [1.807, 2.05) is 18.4 Å². The molecule has 0 saturated carbocycles. The second-order valence-corrected chi connectivity index (χ2v) is 7.71. The SMILES string of the molecule is CSc1ccc(S(=O)(=O)c2ccc(I)cc2)cc1. The lowest BCUT2D eigenvalue weighted by Crippen LogP contribution is -2.01. The minimum atomic E-state index is -3.39. The molecule has 2 aromatic carbocycles. The van der Waals surface area contributed by atoms with Crippen molar-refractivity contribution in [3.05, 3.63) is 52.1 Å². The van der Waals surface area contributed by atoms with Crippen LogP contribution in [0, 0.1) is 3.57 Å². The molecule has 0 bridgehead atoms. The zero-order chi connectivity index (χ0) is 13.2. The molecular formula is C13H11IO2S2. The van der Waals surface area contributed by atoms with Crippen LogP contribution in [0.25, 0.3) is 0 Å². The van der Waals surface area contributed by atoms with E-state index in [1.54, 1.807) is 48.2 Å². The number of rotatable bonds is 3. The molecule has 0 aromatic heterocycles. The van der Waals surface area contributed by atoms with E-state index >= 15 is 0 Å². The van der Waals surface area contributed by atoms with Gasteiger partial charge in [0.1, 0.15) is 0 Å². The zero-order valence-electron chi connectivity index (χ0n) is 9.63. The molecule has 0 amide bonds. The molecule has 0 heterocycles. The lowest BCUT2D eigenvalue weighted by Gasteiger charge is -2.05. The highest BCUT2D eigenvalue weighted by Gasteiger charge is 2.16. The first-order valence-corrected chi connectivity index (χ1v) is 8.97. The van der Waals surface area contributed by atoms with Crippen LogP contribution in [0.1, 0.15) is 0 Å². The number of hydrogen-bond acceptors (Lipinski definition) is 3. The highest BCUT2D eigenvalue weighted by molar-refractivity contribution is 14.1. The summed E-state index contributed by atoms with van der Waals surface area (Å²) in [6.45, 7) is 0. The van der Waals surface area contributed by atoms with Crippen molar-refractivity contribution in [3.63, 3.8) is 0 Å². The van der Waals surface area contributed by atoms with E-state index in [4.69, 9.17) is 0 Å². The standard InChI is InChI=1S/C13H11IO2S2/c1-17-11-4-8-13(9-5-11)18(15,16)12-6-2-10(14)3-7-12/h2-9H,1H3. The molecule has 0 unspecified atom stereocenters. The number of sulfone groups is 1. The fourth-order valence-electron chi connectivity index (χ4n) is 1.50. The van der Waals surface area contributed by atoms with Gasteiger partial charge in [-0.15, -0.1) is 11.8 Å². The molecule has 0 aliphatic heterocycles. The van der Waals surface area contributed by atoms with Crippen LogP contribution in [0.15, 0.2) is 63.2 Å². The van der Waals surface area contributed by atoms with Gasteiger partial charge >= 0.3 is 0 Å². The number of thioether (sulfide) groups is 1. The maximum Gasteiger partial charge on any atom is 0.206 e. The van der Waals surface area contributed by atoms with Gasteiger partial charge in [0.15, 0.2) is 0 Å². The second kappa shape index (κ2) is 5.63. The van der Waals surface area contributed by atoms with Crippen LogP contribution in [0.5, 0.6) is 0 Å². The molecule has 2 rings (SSSR count). The molecule has 0 N–H and O–H groups in total. The Bertz CT molecular complexity index is 632. The van der Waals surface area contributed by atoms with Crippen molar-refractivity contribution in [2.24, 2.45) is 0 Å². The monoisotopic (exact) mass is 390 g/mol. The van der Waals surface area contributed by atoms with E-state index in [2.05, 4.69) is 22.6 Å². The first-order chi connectivity index (χ1) is 8.54. The van der Waals surface area contributed by atoms with Crippen LogP contribution in [0.3, 0.4) is 0 Å². The van der Waals surface area contributed by atoms with Gasteiger partial charge in [-0.3, -0.25) is 0 Å². The summed E-state index contributed by atoms with van der Waals surface area (Å²) in [6, 6.07) is 13.8. The maximum absolute atomic E-state index is 12.3. The molecule has 94 valence electrons. The average molecular weight is 390 g/mol. The van der Waals surface area contributed by atoms with E-state index < -0.39 is 9.84 Å². The van der Waals surface area contributed by atoms with Crippen LogP contribution in [0.2, 0.25) is 0 Å². The topological polar surface area (TPSA) is 34.1 Å². The molecule has 0 spiro atoms. The maximum atomic E-state index is 12.3. The van der Waals surface area contributed by atoms with Crippen molar-refractivity contribution >= 4 is 44.2 Å². The number of benzene rings is 2. The van der Waals surface area contributed by atoms with Crippen LogP contribution in [0.4, 0.5) is 0 Å². The van der Waals surface area contributed by atoms with E-state index in [-0.39, 0.29) is 0 Å². The molecule has 0 radical (unpaired) electrons. The summed E-state index contributed by atoms with van der Waals surface area (Å²) in [5.74, 6) is 0. The van der Waals surface area contributed by atoms with Gasteiger partial charge in [-0.2, -0.15) is 0 Å². The minimum Gasteiger partial charge on any atom is -0.219 e. The summed E-state index contributed by atoms with van der Waals surface area (Å²) in [4.78, 5) is 1.72. The molecule has 0 aliphatic rings. The molecule has 0 aliphatic carbocycles. The Hall–Kier alpha value is -0.530. The third kappa shape index (κ3) is 2.89. The lowest BCUT2D eigenvalue weighted by molar-refractivity contribution is 0.596. The first-order valence-electron chi connectivity index (χ1n) is 5.19. The third-order valence-corrected chi connectivity index (χ3v) is 5.74. The highest BCUT2D eigenvalue weighted by Crippen LogP contribution is 2.24. The van der Waals surface area contributed by atoms with Gasteiger partial charge in [0.2, 0.25) is 9.84 Å². The van der Waals surface area contributed by atoms with E-state index in [0.29, 0.717) is 9.79 Å². The lowest BCUT2D eigenvalue weighted by atomic mass is 10.4. The number of halogens is 1. The van der Waals surface area contributed by atoms with E-state index in [1.165, 1.54) is 0 Å². The smallest absolute Gasteiger partial charge is 0.206 e. The van der Waals surface area contributed by atoms with Crippen LogP contribution in [-0.2, 0) is 9.84 Å². The van der Waals surface area contributed by atoms with E-state index in [9.17, 15) is 8.42 Å². The van der Waals surface area contributed by atoms with Crippen LogP contribution in [-0.4, -0.2) is 14.7 Å². The van der Waals surface area contributed by atoms with Gasteiger partial charge in [-0.05, 0) is 77.4 Å². The molecule has 0 saturated heterocycles. The fourth-order valence-corrected chi connectivity index (χ4v) is 3.53. The predicted octanol–water partition coefficient (Wildman–Crippen LogP) is 3.85. The molecule has 2 nitrogen and oxygen atoms in total. The Balaban J connectivity index is 2.44. The second-order valence-electron chi connectivity index (χ2n) is 3.63. The van der Waals surface area contributed by atoms with Crippen molar-refractivity contribution in [1.82, 2.24) is 0 Å². The van der Waals surface area contributed by atoms with Crippen LogP contribution < -0.4 is 0 Å². The zero-order valence-corrected chi connectivity index (χ0v) is 13.4. The molecule has 0 fully saturated rings. The quantitative estimate of drug-likeness (QED) is 0.590. The first kappa shape index (κ1) is 13.9. The Labute approximate surface area is 125 Å². The molecular weight excluding hydrogens is 379 g/mol. The summed E-state index contributed by atoms with van der Waals surface area (Å²) < 4.78 is 25.7. The number of hydrogen-bond donors (Lipinski definition) is 0. The van der Waals surface area contributed by atoms with E-state index in [0.717, 1.165) is 8.47 Å². The van der Waals surface area contributed by atoms with Gasteiger partial charge < -0.3 is 0 Å². The van der Waals surface area contributed by atoms with Crippen molar-refractivity contribution in [1.29, 1.82) is 0 Å². The third-order valence-electron chi connectivity index (χ3n) is 2.49. The van der Waals surface area contributed by atoms with Gasteiger partial charge in [-0.1, -0.05) is 0 Å². The summed E-state index contributed by atoms with van der Waals surface area (Å²) in [7, 11) is -3.39. The Morgan fingerprint density at radius 1 is 0.889 bits per heavy atom. The van der Waals surface area contributed by atoms with Gasteiger partial charge in [0, 0.05) is 8.47 Å². The normalized spacial score (nSPS) is 11.4. The van der Waals surface area contributed by atoms with Gasteiger partial charge in [-0.25, -0.2) is 8.42 Å². The highest BCUT2D eigenvalue weighted by atomic mass is 127. The van der Waals surface area contributed by atoms with Crippen molar-refractivity contribution in [2.45, 2.75) is 14.7 Å². The minimum absolute atomic E-state index is 0.333. The van der Waals surface area contributed by atoms with Crippen molar-refractivity contribution < 1.29 is 8.42 Å². The summed E-state index contributed by atoms with van der Waals surface area (Å²) in [5.41, 5.74) is 0. The largest absolute Gasteiger partial charge is 0.219 e. The summed E-state index contributed by atoms with van der Waals surface area (Å²) in [6.07, 6.45) is 1.96. The summed E-state index contributed by atoms with van der Waals surface area (Å²) in [5, 5.41) is 0. The molecule has 5 heteroatoms.